The number of pyridine rings is 1. The lowest BCUT2D eigenvalue weighted by Crippen LogP contribution is -2.66. The van der Waals surface area contributed by atoms with E-state index in [1.165, 1.54) is 12.1 Å². The molecule has 142 valence electrons. The molecule has 0 N–H and O–H groups in total. The van der Waals surface area contributed by atoms with Crippen LogP contribution in [0.2, 0.25) is 0 Å². The fourth-order valence-corrected chi connectivity index (χ4v) is 3.82. The zero-order valence-electron chi connectivity index (χ0n) is 15.1. The Morgan fingerprint density at radius 3 is 2.81 bits per heavy atom. The lowest BCUT2D eigenvalue weighted by atomic mass is 9.81. The molecule has 0 radical (unpaired) electrons. The van der Waals surface area contributed by atoms with Crippen LogP contribution in [0, 0.1) is 11.7 Å². The van der Waals surface area contributed by atoms with E-state index < -0.39 is 0 Å². The molecule has 0 saturated carbocycles. The first-order chi connectivity index (χ1) is 13.1. The Kier molecular flexibility index (Phi) is 5.18. The number of likely N-dealkylation sites (tertiary alicyclic amines) is 1. The summed E-state index contributed by atoms with van der Waals surface area (Å²) in [6, 6.07) is 11.9. The highest BCUT2D eigenvalue weighted by molar-refractivity contribution is 5.80. The summed E-state index contributed by atoms with van der Waals surface area (Å²) < 4.78 is 24.8. The quantitative estimate of drug-likeness (QED) is 0.784. The van der Waals surface area contributed by atoms with Crippen LogP contribution >= 0.6 is 0 Å². The van der Waals surface area contributed by atoms with Gasteiger partial charge < -0.3 is 14.4 Å². The predicted octanol–water partition coefficient (Wildman–Crippen LogP) is 2.60. The van der Waals surface area contributed by atoms with Crippen molar-refractivity contribution in [3.63, 3.8) is 0 Å². The van der Waals surface area contributed by atoms with Crippen molar-refractivity contribution in [1.82, 2.24) is 9.88 Å². The molecular weight excluding hydrogens is 347 g/mol. The van der Waals surface area contributed by atoms with Crippen molar-refractivity contribution >= 4 is 5.91 Å². The largest absolute Gasteiger partial charge is 0.375 e. The van der Waals surface area contributed by atoms with Gasteiger partial charge in [0.15, 0.2) is 0 Å². The highest BCUT2D eigenvalue weighted by Crippen LogP contribution is 2.40. The van der Waals surface area contributed by atoms with E-state index in [1.807, 2.05) is 23.1 Å². The zero-order valence-corrected chi connectivity index (χ0v) is 15.1. The van der Waals surface area contributed by atoms with Crippen molar-refractivity contribution in [2.45, 2.75) is 25.0 Å². The van der Waals surface area contributed by atoms with Crippen LogP contribution in [0.15, 0.2) is 48.7 Å². The van der Waals surface area contributed by atoms with Gasteiger partial charge in [-0.3, -0.25) is 9.78 Å². The first-order valence-corrected chi connectivity index (χ1v) is 9.28. The van der Waals surface area contributed by atoms with Crippen LogP contribution in [-0.4, -0.2) is 47.7 Å². The second kappa shape index (κ2) is 7.74. The summed E-state index contributed by atoms with van der Waals surface area (Å²) >= 11 is 0. The fourth-order valence-electron chi connectivity index (χ4n) is 3.82. The van der Waals surface area contributed by atoms with Crippen LogP contribution in [-0.2, 0) is 27.3 Å². The average molecular weight is 370 g/mol. The number of hydrogen-bond donors (Lipinski definition) is 0. The summed E-state index contributed by atoms with van der Waals surface area (Å²) in [5, 5.41) is 0. The maximum Gasteiger partial charge on any atom is 0.227 e. The van der Waals surface area contributed by atoms with Gasteiger partial charge in [0, 0.05) is 18.7 Å². The van der Waals surface area contributed by atoms with Crippen molar-refractivity contribution in [3.8, 4) is 0 Å². The minimum absolute atomic E-state index is 0.0517. The van der Waals surface area contributed by atoms with Crippen LogP contribution in [0.4, 0.5) is 4.39 Å². The Morgan fingerprint density at radius 1 is 1.26 bits per heavy atom. The van der Waals surface area contributed by atoms with Gasteiger partial charge in [-0.05, 0) is 36.2 Å². The molecule has 0 bridgehead atoms. The normalized spacial score (nSPS) is 20.6. The van der Waals surface area contributed by atoms with Crippen molar-refractivity contribution in [2.24, 2.45) is 5.92 Å². The molecule has 4 rings (SSSR count). The molecule has 2 aromatic rings. The van der Waals surface area contributed by atoms with Crippen LogP contribution < -0.4 is 0 Å². The number of benzene rings is 1. The molecule has 2 saturated heterocycles. The predicted molar refractivity (Wildman–Crippen MR) is 97.4 cm³/mol. The van der Waals surface area contributed by atoms with Crippen LogP contribution in [0.3, 0.4) is 0 Å². The molecule has 0 unspecified atom stereocenters. The minimum Gasteiger partial charge on any atom is -0.375 e. The van der Waals surface area contributed by atoms with Gasteiger partial charge in [0.05, 0.1) is 38.4 Å². The molecule has 1 amide bonds. The van der Waals surface area contributed by atoms with E-state index in [4.69, 9.17) is 9.47 Å². The maximum absolute atomic E-state index is 13.0. The van der Waals surface area contributed by atoms with Crippen molar-refractivity contribution < 1.29 is 18.7 Å². The monoisotopic (exact) mass is 370 g/mol. The second-order valence-electron chi connectivity index (χ2n) is 7.29. The summed E-state index contributed by atoms with van der Waals surface area (Å²) in [6.07, 6.45) is 2.99. The first kappa shape index (κ1) is 18.1. The number of amides is 1. The molecule has 2 aliphatic rings. The van der Waals surface area contributed by atoms with E-state index in [0.29, 0.717) is 32.9 Å². The van der Waals surface area contributed by atoms with E-state index in [1.54, 1.807) is 18.3 Å². The van der Waals surface area contributed by atoms with Gasteiger partial charge in [0.1, 0.15) is 11.4 Å². The summed E-state index contributed by atoms with van der Waals surface area (Å²) in [5.41, 5.74) is 1.46. The van der Waals surface area contributed by atoms with Gasteiger partial charge in [0.2, 0.25) is 5.91 Å². The molecule has 1 aromatic heterocycles. The number of hydrogen-bond acceptors (Lipinski definition) is 4. The molecule has 0 aliphatic carbocycles. The van der Waals surface area contributed by atoms with Gasteiger partial charge in [-0.25, -0.2) is 4.39 Å². The van der Waals surface area contributed by atoms with Gasteiger partial charge in [-0.15, -0.1) is 0 Å². The third kappa shape index (κ3) is 4.01. The minimum atomic E-state index is -0.290. The van der Waals surface area contributed by atoms with Gasteiger partial charge in [0.25, 0.3) is 0 Å². The smallest absolute Gasteiger partial charge is 0.227 e. The molecule has 5 nitrogen and oxygen atoms in total. The molecular formula is C21H23FN2O3. The lowest BCUT2D eigenvalue weighted by Gasteiger charge is -2.50. The average Bonchev–Trinajstić information content (AvgIpc) is 3.07. The van der Waals surface area contributed by atoms with Crippen molar-refractivity contribution in [3.05, 3.63) is 65.7 Å². The molecule has 1 atom stereocenters. The SMILES string of the molecule is O=C(Cc1ccc(F)cc1)N1CC2(C1)OCC[C@H]2COCc1ccccn1. The number of carbonyl (C=O) groups excluding carboxylic acids is 1. The molecule has 2 aliphatic heterocycles. The summed E-state index contributed by atoms with van der Waals surface area (Å²) in [5.74, 6) is 0.0500. The van der Waals surface area contributed by atoms with Gasteiger partial charge in [-0.2, -0.15) is 0 Å². The van der Waals surface area contributed by atoms with Crippen molar-refractivity contribution in [2.75, 3.05) is 26.3 Å². The number of carbonyl (C=O) groups is 1. The standard InChI is InChI=1S/C21H23FN2O3/c22-18-6-4-16(5-7-18)11-20(25)24-14-21(15-24)17(8-10-27-21)12-26-13-19-3-1-2-9-23-19/h1-7,9,17H,8,10-15H2/t17-/m0/s1. The Morgan fingerprint density at radius 2 is 2.07 bits per heavy atom. The Labute approximate surface area is 158 Å². The molecule has 2 fully saturated rings. The van der Waals surface area contributed by atoms with Crippen LogP contribution in [0.5, 0.6) is 0 Å². The van der Waals surface area contributed by atoms with E-state index in [9.17, 15) is 9.18 Å². The molecule has 1 aromatic carbocycles. The molecule has 1 spiro atoms. The van der Waals surface area contributed by atoms with E-state index in [2.05, 4.69) is 4.98 Å². The highest BCUT2D eigenvalue weighted by atomic mass is 19.1. The van der Waals surface area contributed by atoms with Crippen LogP contribution in [0.25, 0.3) is 0 Å². The number of nitrogens with zero attached hydrogens (tertiary/aromatic N) is 2. The van der Waals surface area contributed by atoms with E-state index in [0.717, 1.165) is 17.7 Å². The van der Waals surface area contributed by atoms with E-state index >= 15 is 0 Å². The maximum atomic E-state index is 13.0. The number of ether oxygens (including phenoxy) is 2. The summed E-state index contributed by atoms with van der Waals surface area (Å²) in [7, 11) is 0. The topological polar surface area (TPSA) is 51.7 Å². The lowest BCUT2D eigenvalue weighted by molar-refractivity contribution is -0.168. The number of rotatable bonds is 6. The molecule has 27 heavy (non-hydrogen) atoms. The number of halogens is 1. The van der Waals surface area contributed by atoms with Crippen molar-refractivity contribution in [1.29, 1.82) is 0 Å². The zero-order chi connectivity index (χ0) is 18.7. The Hall–Kier alpha value is -2.31. The van der Waals surface area contributed by atoms with Gasteiger partial charge in [-0.1, -0.05) is 18.2 Å². The summed E-state index contributed by atoms with van der Waals surface area (Å²) in [4.78, 5) is 18.5. The fraction of sp³-hybridized carbons (Fsp3) is 0.429. The molecule has 3 heterocycles. The van der Waals surface area contributed by atoms with Crippen LogP contribution in [0.1, 0.15) is 17.7 Å². The highest BCUT2D eigenvalue weighted by Gasteiger charge is 2.54. The first-order valence-electron chi connectivity index (χ1n) is 9.28. The Balaban J connectivity index is 1.27. The third-order valence-electron chi connectivity index (χ3n) is 5.43. The molecule has 6 heteroatoms. The number of aromatic nitrogens is 1. The van der Waals surface area contributed by atoms with E-state index in [-0.39, 0.29) is 29.7 Å². The third-order valence-corrected chi connectivity index (χ3v) is 5.43. The van der Waals surface area contributed by atoms with Gasteiger partial charge >= 0.3 is 0 Å². The second-order valence-corrected chi connectivity index (χ2v) is 7.29. The summed E-state index contributed by atoms with van der Waals surface area (Å²) in [6.45, 7) is 3.00. The Bertz CT molecular complexity index is 776.